The Labute approximate surface area is 148 Å². The molecule has 1 aliphatic heterocycles. The monoisotopic (exact) mass is 344 g/mol. The molecule has 136 valence electrons. The van der Waals surface area contributed by atoms with Gasteiger partial charge in [-0.3, -0.25) is 9.69 Å². The summed E-state index contributed by atoms with van der Waals surface area (Å²) in [6.07, 6.45) is 10.7. The predicted molar refractivity (Wildman–Crippen MR) is 96.5 cm³/mol. The fraction of sp³-hybridized carbons (Fsp3) is 0.737. The van der Waals surface area contributed by atoms with Crippen molar-refractivity contribution in [3.63, 3.8) is 0 Å². The van der Waals surface area contributed by atoms with Crippen LogP contribution in [0.1, 0.15) is 62.8 Å². The number of hydrogen-bond acceptors (Lipinski definition) is 5. The van der Waals surface area contributed by atoms with Gasteiger partial charge in [-0.1, -0.05) is 37.3 Å². The second-order valence-electron chi connectivity index (χ2n) is 7.84. The van der Waals surface area contributed by atoms with Crippen molar-refractivity contribution in [3.8, 4) is 0 Å². The zero-order chi connectivity index (χ0) is 17.4. The number of aromatic nitrogens is 3. The van der Waals surface area contributed by atoms with Crippen LogP contribution in [0.4, 0.5) is 0 Å². The van der Waals surface area contributed by atoms with Gasteiger partial charge in [0.2, 0.25) is 0 Å². The summed E-state index contributed by atoms with van der Waals surface area (Å²) in [7, 11) is 0. The van der Waals surface area contributed by atoms with Gasteiger partial charge < -0.3 is 4.52 Å². The van der Waals surface area contributed by atoms with Crippen LogP contribution in [0.2, 0.25) is 0 Å². The first kappa shape index (κ1) is 16.8. The van der Waals surface area contributed by atoms with Crippen molar-refractivity contribution in [1.82, 2.24) is 19.8 Å². The third-order valence-corrected chi connectivity index (χ3v) is 6.08. The summed E-state index contributed by atoms with van der Waals surface area (Å²) in [6.45, 7) is 5.37. The second-order valence-corrected chi connectivity index (χ2v) is 7.84. The molecule has 2 aromatic rings. The fourth-order valence-electron chi connectivity index (χ4n) is 4.77. The van der Waals surface area contributed by atoms with E-state index in [9.17, 15) is 4.79 Å². The average Bonchev–Trinajstić information content (AvgIpc) is 3.20. The Bertz CT molecular complexity index is 804. The summed E-state index contributed by atoms with van der Waals surface area (Å²) < 4.78 is 6.79. The minimum Gasteiger partial charge on any atom is -0.360 e. The van der Waals surface area contributed by atoms with E-state index < -0.39 is 0 Å². The van der Waals surface area contributed by atoms with Gasteiger partial charge in [-0.15, -0.1) is 0 Å². The molecule has 0 unspecified atom stereocenters. The maximum atomic E-state index is 12.7. The van der Waals surface area contributed by atoms with Crippen molar-refractivity contribution in [2.24, 2.45) is 5.92 Å². The molecule has 1 saturated carbocycles. The van der Waals surface area contributed by atoms with E-state index in [1.807, 2.05) is 13.8 Å². The topological polar surface area (TPSA) is 64.2 Å². The van der Waals surface area contributed by atoms with E-state index in [-0.39, 0.29) is 5.56 Å². The van der Waals surface area contributed by atoms with Crippen molar-refractivity contribution < 1.29 is 4.52 Å². The normalized spacial score (nSPS) is 22.9. The molecule has 4 rings (SSSR count). The van der Waals surface area contributed by atoms with E-state index in [0.29, 0.717) is 24.0 Å². The molecule has 0 N–H and O–H groups in total. The average molecular weight is 344 g/mol. The Morgan fingerprint density at radius 3 is 2.72 bits per heavy atom. The lowest BCUT2D eigenvalue weighted by molar-refractivity contribution is 0.153. The van der Waals surface area contributed by atoms with Crippen LogP contribution >= 0.6 is 0 Å². The Morgan fingerprint density at radius 2 is 1.92 bits per heavy atom. The van der Waals surface area contributed by atoms with Crippen LogP contribution in [0.15, 0.2) is 9.32 Å². The van der Waals surface area contributed by atoms with Gasteiger partial charge in [0.15, 0.2) is 5.52 Å². The number of nitrogens with zero attached hydrogens (tertiary/aromatic N) is 4. The molecule has 3 heterocycles. The molecule has 0 aromatic carbocycles. The van der Waals surface area contributed by atoms with Gasteiger partial charge in [-0.2, -0.15) is 5.10 Å². The minimum atomic E-state index is -0.138. The molecular weight excluding hydrogens is 316 g/mol. The van der Waals surface area contributed by atoms with Crippen LogP contribution in [0.5, 0.6) is 0 Å². The van der Waals surface area contributed by atoms with Gasteiger partial charge in [0.1, 0.15) is 5.76 Å². The first-order valence-corrected chi connectivity index (χ1v) is 9.71. The molecule has 0 amide bonds. The first-order chi connectivity index (χ1) is 12.1. The van der Waals surface area contributed by atoms with E-state index in [1.165, 1.54) is 51.4 Å². The molecule has 6 heteroatoms. The van der Waals surface area contributed by atoms with Crippen molar-refractivity contribution in [1.29, 1.82) is 0 Å². The lowest BCUT2D eigenvalue weighted by Gasteiger charge is -2.30. The van der Waals surface area contributed by atoms with Gasteiger partial charge in [-0.25, -0.2) is 4.68 Å². The molecule has 1 atom stereocenters. The van der Waals surface area contributed by atoms with E-state index in [1.54, 1.807) is 4.68 Å². The zero-order valence-electron chi connectivity index (χ0n) is 15.3. The number of aryl methyl sites for hydroxylation is 2. The molecule has 25 heavy (non-hydrogen) atoms. The van der Waals surface area contributed by atoms with Crippen LogP contribution < -0.4 is 5.56 Å². The lowest BCUT2D eigenvalue weighted by atomic mass is 9.84. The Morgan fingerprint density at radius 1 is 1.12 bits per heavy atom. The Hall–Kier alpha value is -1.69. The molecule has 0 radical (unpaired) electrons. The first-order valence-electron chi connectivity index (χ1n) is 9.71. The standard InChI is InChI=1S/C19H28N4O2/c1-13-17-14(2)25-21-18(17)19(24)23(20-13)12-22-10-6-9-16(22)11-15-7-4-3-5-8-15/h15-16H,3-12H2,1-2H3/t16-/m0/s1. The predicted octanol–water partition coefficient (Wildman–Crippen LogP) is 3.39. The van der Waals surface area contributed by atoms with Crippen LogP contribution in [0.3, 0.4) is 0 Å². The van der Waals surface area contributed by atoms with Gasteiger partial charge in [-0.05, 0) is 39.0 Å². The molecular formula is C19H28N4O2. The molecule has 1 saturated heterocycles. The van der Waals surface area contributed by atoms with Gasteiger partial charge in [0.05, 0.1) is 17.7 Å². The molecule has 2 fully saturated rings. The fourth-order valence-corrected chi connectivity index (χ4v) is 4.77. The van der Waals surface area contributed by atoms with E-state index in [4.69, 9.17) is 4.52 Å². The van der Waals surface area contributed by atoms with Crippen molar-refractivity contribution >= 4 is 10.9 Å². The number of fused-ring (bicyclic) bond motifs is 1. The molecule has 0 bridgehead atoms. The molecule has 2 aliphatic rings. The number of hydrogen-bond donors (Lipinski definition) is 0. The number of likely N-dealkylation sites (tertiary alicyclic amines) is 1. The number of rotatable bonds is 4. The third kappa shape index (κ3) is 3.24. The van der Waals surface area contributed by atoms with E-state index >= 15 is 0 Å². The smallest absolute Gasteiger partial charge is 0.298 e. The molecule has 0 spiro atoms. The van der Waals surface area contributed by atoms with Gasteiger partial charge in [0.25, 0.3) is 5.56 Å². The van der Waals surface area contributed by atoms with Crippen LogP contribution in [0, 0.1) is 19.8 Å². The zero-order valence-corrected chi connectivity index (χ0v) is 15.3. The SMILES string of the molecule is Cc1nn(CN2CCC[C@H]2CC2CCCCC2)c(=O)c2noc(C)c12. The Balaban J connectivity index is 1.53. The van der Waals surface area contributed by atoms with Gasteiger partial charge >= 0.3 is 0 Å². The van der Waals surface area contributed by atoms with Crippen LogP contribution in [-0.4, -0.2) is 32.4 Å². The van der Waals surface area contributed by atoms with Crippen molar-refractivity contribution in [2.45, 2.75) is 77.9 Å². The molecule has 2 aromatic heterocycles. The maximum absolute atomic E-state index is 12.7. The second kappa shape index (κ2) is 6.90. The third-order valence-electron chi connectivity index (χ3n) is 6.08. The van der Waals surface area contributed by atoms with E-state index in [2.05, 4.69) is 15.2 Å². The molecule has 1 aliphatic carbocycles. The summed E-state index contributed by atoms with van der Waals surface area (Å²) in [5, 5.41) is 9.27. The van der Waals surface area contributed by atoms with Crippen molar-refractivity contribution in [3.05, 3.63) is 21.8 Å². The summed E-state index contributed by atoms with van der Waals surface area (Å²) in [5.41, 5.74) is 1.09. The minimum absolute atomic E-state index is 0.138. The largest absolute Gasteiger partial charge is 0.360 e. The van der Waals surface area contributed by atoms with Crippen LogP contribution in [0.25, 0.3) is 10.9 Å². The highest BCUT2D eigenvalue weighted by Crippen LogP contribution is 2.32. The quantitative estimate of drug-likeness (QED) is 0.850. The summed E-state index contributed by atoms with van der Waals surface area (Å²) in [5.74, 6) is 1.53. The highest BCUT2D eigenvalue weighted by molar-refractivity contribution is 5.81. The summed E-state index contributed by atoms with van der Waals surface area (Å²) in [4.78, 5) is 15.2. The maximum Gasteiger partial charge on any atom is 0.298 e. The van der Waals surface area contributed by atoms with Gasteiger partial charge in [0, 0.05) is 12.6 Å². The Kier molecular flexibility index (Phi) is 4.63. The summed E-state index contributed by atoms with van der Waals surface area (Å²) >= 11 is 0. The highest BCUT2D eigenvalue weighted by Gasteiger charge is 2.29. The summed E-state index contributed by atoms with van der Waals surface area (Å²) in [6, 6.07) is 0.590. The van der Waals surface area contributed by atoms with E-state index in [0.717, 1.165) is 23.5 Å². The van der Waals surface area contributed by atoms with Crippen LogP contribution in [-0.2, 0) is 6.67 Å². The molecule has 6 nitrogen and oxygen atoms in total. The lowest BCUT2D eigenvalue weighted by Crippen LogP contribution is -2.38. The van der Waals surface area contributed by atoms with Crippen molar-refractivity contribution in [2.75, 3.05) is 6.54 Å². The highest BCUT2D eigenvalue weighted by atomic mass is 16.5.